The number of hydrogen-bond acceptors (Lipinski definition) is 10. The van der Waals surface area contributed by atoms with Crippen molar-refractivity contribution in [3.05, 3.63) is 115 Å². The first-order chi connectivity index (χ1) is 20.7. The van der Waals surface area contributed by atoms with E-state index < -0.39 is 46.2 Å². The first-order valence-corrected chi connectivity index (χ1v) is 14.5. The van der Waals surface area contributed by atoms with Gasteiger partial charge in [0.1, 0.15) is 17.6 Å². The van der Waals surface area contributed by atoms with E-state index in [1.54, 1.807) is 19.9 Å². The summed E-state index contributed by atoms with van der Waals surface area (Å²) in [6, 6.07) is 14.6. The lowest BCUT2D eigenvalue weighted by atomic mass is 9.68. The zero-order valence-corrected chi connectivity index (χ0v) is 24.1. The molecule has 0 saturated heterocycles. The molecule has 2 N–H and O–H groups in total. The SMILES string of the molecule is CCOC(=O)C1=C(N)N(c2ccc([N+](=O)[O-])cc2)C2=C(C(=O)[C@@H](C(=O)OCC)[C@@H](c3cccs3)C2)[C@@H]1c1cccc(F)c1. The Morgan fingerprint density at radius 3 is 2.42 bits per heavy atom. The molecule has 1 aromatic heterocycles. The van der Waals surface area contributed by atoms with Gasteiger partial charge in [0, 0.05) is 39.9 Å². The van der Waals surface area contributed by atoms with Crippen molar-refractivity contribution >= 4 is 40.4 Å². The molecule has 0 bridgehead atoms. The zero-order valence-electron chi connectivity index (χ0n) is 23.3. The molecule has 0 radical (unpaired) electrons. The molecule has 12 heteroatoms. The van der Waals surface area contributed by atoms with Crippen LogP contribution >= 0.6 is 11.3 Å². The minimum Gasteiger partial charge on any atom is -0.465 e. The fourth-order valence-corrected chi connectivity index (χ4v) is 6.61. The Morgan fingerprint density at radius 2 is 1.81 bits per heavy atom. The molecule has 0 amide bonds. The molecule has 0 fully saturated rings. The number of allylic oxidation sites excluding steroid dienone is 2. The molecule has 0 spiro atoms. The molecular weight excluding hydrogens is 577 g/mol. The fourth-order valence-electron chi connectivity index (χ4n) is 5.75. The number of nitrogens with zero attached hydrogens (tertiary/aromatic N) is 2. The van der Waals surface area contributed by atoms with E-state index in [1.165, 1.54) is 58.7 Å². The van der Waals surface area contributed by atoms with E-state index in [0.717, 1.165) is 4.88 Å². The molecule has 0 saturated carbocycles. The number of thiophene rings is 1. The highest BCUT2D eigenvalue weighted by Crippen LogP contribution is 2.52. The zero-order chi connectivity index (χ0) is 30.8. The maximum absolute atomic E-state index is 14.6. The Hall–Kier alpha value is -4.84. The maximum Gasteiger partial charge on any atom is 0.338 e. The number of anilines is 1. The summed E-state index contributed by atoms with van der Waals surface area (Å²) in [6.07, 6.45) is 0.130. The molecular formula is C31H28FN3O7S. The summed E-state index contributed by atoms with van der Waals surface area (Å²) in [5, 5.41) is 13.2. The molecule has 10 nitrogen and oxygen atoms in total. The number of non-ortho nitro benzene ring substituents is 1. The number of benzene rings is 2. The van der Waals surface area contributed by atoms with Gasteiger partial charge in [-0.05, 0) is 61.5 Å². The number of ketones is 1. The summed E-state index contributed by atoms with van der Waals surface area (Å²) in [5.74, 6) is -5.83. The second-order valence-corrected chi connectivity index (χ2v) is 10.9. The molecule has 2 aromatic carbocycles. The number of nitrogens with two attached hydrogens (primary N) is 1. The van der Waals surface area contributed by atoms with Crippen molar-refractivity contribution in [3.8, 4) is 0 Å². The number of rotatable bonds is 8. The Kier molecular flexibility index (Phi) is 8.40. The highest BCUT2D eigenvalue weighted by atomic mass is 32.1. The van der Waals surface area contributed by atoms with Gasteiger partial charge in [0.15, 0.2) is 5.78 Å². The fraction of sp³-hybridized carbons (Fsp3) is 0.258. The maximum atomic E-state index is 14.6. The molecule has 43 heavy (non-hydrogen) atoms. The normalized spacial score (nSPS) is 20.1. The summed E-state index contributed by atoms with van der Waals surface area (Å²) in [4.78, 5) is 54.7. The van der Waals surface area contributed by atoms with Crippen LogP contribution in [0.5, 0.6) is 0 Å². The lowest BCUT2D eigenvalue weighted by Crippen LogP contribution is -2.46. The quantitative estimate of drug-likeness (QED) is 0.156. The molecule has 3 atom stereocenters. The third-order valence-electron chi connectivity index (χ3n) is 7.48. The predicted molar refractivity (Wildman–Crippen MR) is 156 cm³/mol. The van der Waals surface area contributed by atoms with Crippen LogP contribution in [0.3, 0.4) is 0 Å². The number of carbonyl (C=O) groups is 3. The number of carbonyl (C=O) groups excluding carboxylic acids is 3. The molecule has 2 aliphatic rings. The van der Waals surface area contributed by atoms with Crippen molar-refractivity contribution in [2.45, 2.75) is 32.1 Å². The van der Waals surface area contributed by atoms with Gasteiger partial charge < -0.3 is 15.2 Å². The topological polar surface area (TPSA) is 142 Å². The van der Waals surface area contributed by atoms with E-state index in [0.29, 0.717) is 11.4 Å². The Morgan fingerprint density at radius 1 is 1.09 bits per heavy atom. The number of hydrogen-bond donors (Lipinski definition) is 1. The van der Waals surface area contributed by atoms with E-state index in [1.807, 2.05) is 17.5 Å². The van der Waals surface area contributed by atoms with Crippen LogP contribution < -0.4 is 10.6 Å². The van der Waals surface area contributed by atoms with Crippen LogP contribution in [0.15, 0.2) is 88.7 Å². The van der Waals surface area contributed by atoms with E-state index in [2.05, 4.69) is 0 Å². The van der Waals surface area contributed by atoms with Gasteiger partial charge in [-0.3, -0.25) is 24.6 Å². The minimum absolute atomic E-state index is 0.00519. The van der Waals surface area contributed by atoms with Gasteiger partial charge in [0.25, 0.3) is 5.69 Å². The van der Waals surface area contributed by atoms with Crippen LogP contribution in [-0.2, 0) is 23.9 Å². The number of ether oxygens (including phenoxy) is 2. The summed E-state index contributed by atoms with van der Waals surface area (Å²) in [6.45, 7) is 3.30. The first kappa shape index (κ1) is 29.6. The lowest BCUT2D eigenvalue weighted by molar-refractivity contribution is -0.384. The van der Waals surface area contributed by atoms with Crippen molar-refractivity contribution < 1.29 is 33.2 Å². The highest BCUT2D eigenvalue weighted by molar-refractivity contribution is 7.10. The van der Waals surface area contributed by atoms with Crippen LogP contribution in [0, 0.1) is 21.8 Å². The number of esters is 2. The largest absolute Gasteiger partial charge is 0.465 e. The van der Waals surface area contributed by atoms with Gasteiger partial charge in [-0.15, -0.1) is 11.3 Å². The molecule has 1 aliphatic carbocycles. The lowest BCUT2D eigenvalue weighted by Gasteiger charge is -2.43. The van der Waals surface area contributed by atoms with Crippen LogP contribution in [0.25, 0.3) is 0 Å². The van der Waals surface area contributed by atoms with E-state index in [4.69, 9.17) is 15.2 Å². The van der Waals surface area contributed by atoms with Crippen LogP contribution in [-0.4, -0.2) is 35.9 Å². The molecule has 1 aliphatic heterocycles. The van der Waals surface area contributed by atoms with Crippen molar-refractivity contribution in [2.24, 2.45) is 11.7 Å². The van der Waals surface area contributed by atoms with Crippen molar-refractivity contribution in [1.82, 2.24) is 0 Å². The summed E-state index contributed by atoms with van der Waals surface area (Å²) in [5.41, 5.74) is 7.55. The van der Waals surface area contributed by atoms with Gasteiger partial charge in [-0.2, -0.15) is 0 Å². The minimum atomic E-state index is -1.24. The van der Waals surface area contributed by atoms with Crippen molar-refractivity contribution in [3.63, 3.8) is 0 Å². The van der Waals surface area contributed by atoms with Gasteiger partial charge in [-0.25, -0.2) is 9.18 Å². The number of nitro benzene ring substituents is 1. The summed E-state index contributed by atoms with van der Waals surface area (Å²) >= 11 is 1.38. The average Bonchev–Trinajstić information content (AvgIpc) is 3.52. The second kappa shape index (κ2) is 12.2. The van der Waals surface area contributed by atoms with Gasteiger partial charge in [0.2, 0.25) is 0 Å². The van der Waals surface area contributed by atoms with Crippen molar-refractivity contribution in [2.75, 3.05) is 18.1 Å². The van der Waals surface area contributed by atoms with Crippen LogP contribution in [0.2, 0.25) is 0 Å². The summed E-state index contributed by atoms with van der Waals surface area (Å²) < 4.78 is 25.3. The summed E-state index contributed by atoms with van der Waals surface area (Å²) in [7, 11) is 0. The van der Waals surface area contributed by atoms with E-state index >= 15 is 0 Å². The Labute approximate surface area is 250 Å². The molecule has 0 unspecified atom stereocenters. The highest BCUT2D eigenvalue weighted by Gasteiger charge is 2.51. The molecule has 2 heterocycles. The van der Waals surface area contributed by atoms with Gasteiger partial charge in [-0.1, -0.05) is 18.2 Å². The number of nitro groups is 1. The predicted octanol–water partition coefficient (Wildman–Crippen LogP) is 5.32. The van der Waals surface area contributed by atoms with Gasteiger partial charge >= 0.3 is 11.9 Å². The third-order valence-corrected chi connectivity index (χ3v) is 8.49. The molecule has 3 aromatic rings. The van der Waals surface area contributed by atoms with Crippen molar-refractivity contribution in [1.29, 1.82) is 0 Å². The van der Waals surface area contributed by atoms with Crippen LogP contribution in [0.4, 0.5) is 15.8 Å². The number of halogens is 1. The van der Waals surface area contributed by atoms with Crippen LogP contribution in [0.1, 0.15) is 42.5 Å². The second-order valence-electron chi connectivity index (χ2n) is 9.90. The first-order valence-electron chi connectivity index (χ1n) is 13.6. The molecule has 5 rings (SSSR count). The smallest absolute Gasteiger partial charge is 0.338 e. The standard InChI is InChI=1S/C31H28FN3O7S/c1-3-41-30(37)25-21(23-9-6-14-43-23)16-22-26(28(25)36)24(17-7-5-8-18(32)15-17)27(31(38)42-4-2)29(33)34(22)19-10-12-20(13-11-19)35(39)40/h5-15,21,24-25H,3-4,16,33H2,1-2H3/t21-,24+,25+/m1/s1. The molecule has 222 valence electrons. The van der Waals surface area contributed by atoms with E-state index in [9.17, 15) is 28.9 Å². The monoisotopic (exact) mass is 605 g/mol. The Balaban J connectivity index is 1.81. The average molecular weight is 606 g/mol. The van der Waals surface area contributed by atoms with E-state index in [-0.39, 0.29) is 47.9 Å². The number of Topliss-reactive ketones (excluding diaryl/α,β-unsaturated/α-hetero) is 1. The van der Waals surface area contributed by atoms with Gasteiger partial charge in [0.05, 0.1) is 29.6 Å². The third kappa shape index (κ3) is 5.41. The Bertz CT molecular complexity index is 1650.